The van der Waals surface area contributed by atoms with Gasteiger partial charge in [-0.3, -0.25) is 4.79 Å². The topological polar surface area (TPSA) is 26.3 Å². The van der Waals surface area contributed by atoms with E-state index in [1.54, 1.807) is 0 Å². The smallest absolute Gasteiger partial charge is 0.307 e. The summed E-state index contributed by atoms with van der Waals surface area (Å²) in [5.41, 5.74) is 3.77. The van der Waals surface area contributed by atoms with Crippen molar-refractivity contribution >= 4 is 5.97 Å². The van der Waals surface area contributed by atoms with Crippen molar-refractivity contribution in [3.63, 3.8) is 0 Å². The number of hydrogen-bond acceptors (Lipinski definition) is 2. The number of aryl methyl sites for hydroxylation is 2. The SMILES string of the molecule is CC(=O)OC=CCc1cc(C)ccc1C. The Labute approximate surface area is 90.6 Å². The molecule has 15 heavy (non-hydrogen) atoms. The molecule has 2 nitrogen and oxygen atoms in total. The number of carbonyl (C=O) groups excluding carboxylic acids is 1. The summed E-state index contributed by atoms with van der Waals surface area (Å²) in [6.07, 6.45) is 4.09. The van der Waals surface area contributed by atoms with Crippen molar-refractivity contribution in [1.82, 2.24) is 0 Å². The van der Waals surface area contributed by atoms with E-state index in [-0.39, 0.29) is 5.97 Å². The lowest BCUT2D eigenvalue weighted by molar-refractivity contribution is -0.135. The van der Waals surface area contributed by atoms with Gasteiger partial charge in [0.05, 0.1) is 6.26 Å². The molecule has 0 amide bonds. The Balaban J connectivity index is 2.60. The van der Waals surface area contributed by atoms with Gasteiger partial charge in [0.15, 0.2) is 0 Å². The van der Waals surface area contributed by atoms with E-state index in [2.05, 4.69) is 32.0 Å². The van der Waals surface area contributed by atoms with Gasteiger partial charge in [0.25, 0.3) is 0 Å². The third-order valence-corrected chi connectivity index (χ3v) is 2.17. The number of allylic oxidation sites excluding steroid dienone is 1. The van der Waals surface area contributed by atoms with E-state index in [0.717, 1.165) is 6.42 Å². The zero-order chi connectivity index (χ0) is 11.3. The van der Waals surface area contributed by atoms with Crippen LogP contribution in [0.5, 0.6) is 0 Å². The van der Waals surface area contributed by atoms with Crippen LogP contribution < -0.4 is 0 Å². The van der Waals surface area contributed by atoms with Crippen LogP contribution >= 0.6 is 0 Å². The molecule has 0 heterocycles. The second-order valence-electron chi connectivity index (χ2n) is 3.62. The Kier molecular flexibility index (Phi) is 4.10. The normalized spacial score (nSPS) is 10.6. The molecule has 0 aliphatic heterocycles. The fraction of sp³-hybridized carbons (Fsp3) is 0.308. The first-order valence-corrected chi connectivity index (χ1v) is 4.98. The summed E-state index contributed by atoms with van der Waals surface area (Å²) in [6.45, 7) is 5.54. The third kappa shape index (κ3) is 3.98. The number of esters is 1. The molecule has 0 bridgehead atoms. The Morgan fingerprint density at radius 2 is 2.13 bits per heavy atom. The van der Waals surface area contributed by atoms with Crippen molar-refractivity contribution in [3.05, 3.63) is 47.2 Å². The maximum absolute atomic E-state index is 10.5. The van der Waals surface area contributed by atoms with E-state index < -0.39 is 0 Å². The van der Waals surface area contributed by atoms with Gasteiger partial charge >= 0.3 is 5.97 Å². The number of rotatable bonds is 3. The zero-order valence-electron chi connectivity index (χ0n) is 9.41. The first-order chi connectivity index (χ1) is 7.09. The molecule has 0 atom stereocenters. The molecule has 0 N–H and O–H groups in total. The molecular formula is C13H16O2. The lowest BCUT2D eigenvalue weighted by atomic mass is 10.0. The van der Waals surface area contributed by atoms with E-state index in [1.165, 1.54) is 29.9 Å². The molecule has 0 fully saturated rings. The Morgan fingerprint density at radius 3 is 2.80 bits per heavy atom. The second-order valence-corrected chi connectivity index (χ2v) is 3.62. The number of ether oxygens (including phenoxy) is 1. The highest BCUT2D eigenvalue weighted by molar-refractivity contribution is 5.66. The van der Waals surface area contributed by atoms with Crippen LogP contribution in [-0.2, 0) is 16.0 Å². The van der Waals surface area contributed by atoms with Crippen LogP contribution in [0.4, 0.5) is 0 Å². The lowest BCUT2D eigenvalue weighted by Gasteiger charge is -2.03. The predicted molar refractivity (Wildman–Crippen MR) is 60.5 cm³/mol. The van der Waals surface area contributed by atoms with Gasteiger partial charge < -0.3 is 4.74 Å². The van der Waals surface area contributed by atoms with Crippen molar-refractivity contribution in [2.75, 3.05) is 0 Å². The monoisotopic (exact) mass is 204 g/mol. The quantitative estimate of drug-likeness (QED) is 0.559. The first-order valence-electron chi connectivity index (χ1n) is 4.98. The fourth-order valence-electron chi connectivity index (χ4n) is 1.34. The van der Waals surface area contributed by atoms with Crippen molar-refractivity contribution < 1.29 is 9.53 Å². The molecule has 2 heteroatoms. The summed E-state index contributed by atoms with van der Waals surface area (Å²) in [5, 5.41) is 0. The molecule has 0 radical (unpaired) electrons. The van der Waals surface area contributed by atoms with Crippen molar-refractivity contribution in [2.45, 2.75) is 27.2 Å². The lowest BCUT2D eigenvalue weighted by Crippen LogP contribution is -1.91. The van der Waals surface area contributed by atoms with E-state index in [9.17, 15) is 4.79 Å². The zero-order valence-corrected chi connectivity index (χ0v) is 9.41. The average Bonchev–Trinajstić information content (AvgIpc) is 2.17. The largest absolute Gasteiger partial charge is 0.435 e. The minimum absolute atomic E-state index is 0.285. The van der Waals surface area contributed by atoms with Crippen molar-refractivity contribution in [2.24, 2.45) is 0 Å². The van der Waals surface area contributed by atoms with Crippen molar-refractivity contribution in [3.8, 4) is 0 Å². The highest BCUT2D eigenvalue weighted by Gasteiger charge is 1.96. The molecule has 0 aliphatic carbocycles. The van der Waals surface area contributed by atoms with E-state index in [0.29, 0.717) is 0 Å². The molecule has 0 spiro atoms. The van der Waals surface area contributed by atoms with Crippen LogP contribution in [-0.4, -0.2) is 5.97 Å². The van der Waals surface area contributed by atoms with Crippen molar-refractivity contribution in [1.29, 1.82) is 0 Å². The molecule has 0 saturated heterocycles. The van der Waals surface area contributed by atoms with Gasteiger partial charge in [0.2, 0.25) is 0 Å². The van der Waals surface area contributed by atoms with Crippen LogP contribution in [0.1, 0.15) is 23.6 Å². The average molecular weight is 204 g/mol. The minimum atomic E-state index is -0.285. The highest BCUT2D eigenvalue weighted by Crippen LogP contribution is 2.11. The summed E-state index contributed by atoms with van der Waals surface area (Å²) in [6, 6.07) is 6.34. The second kappa shape index (κ2) is 5.35. The fourth-order valence-corrected chi connectivity index (χ4v) is 1.34. The molecular weight excluding hydrogens is 188 g/mol. The Morgan fingerprint density at radius 1 is 1.40 bits per heavy atom. The molecule has 0 saturated carbocycles. The highest BCUT2D eigenvalue weighted by atomic mass is 16.5. The summed E-state index contributed by atoms with van der Waals surface area (Å²) in [7, 11) is 0. The summed E-state index contributed by atoms with van der Waals surface area (Å²) < 4.78 is 4.71. The maximum atomic E-state index is 10.5. The first kappa shape index (κ1) is 11.5. The van der Waals surface area contributed by atoms with Crippen LogP contribution in [0, 0.1) is 13.8 Å². The number of carbonyl (C=O) groups is 1. The van der Waals surface area contributed by atoms with Gasteiger partial charge in [0.1, 0.15) is 0 Å². The minimum Gasteiger partial charge on any atom is -0.435 e. The maximum Gasteiger partial charge on any atom is 0.307 e. The molecule has 1 aromatic rings. The third-order valence-electron chi connectivity index (χ3n) is 2.17. The van der Waals surface area contributed by atoms with Gasteiger partial charge in [-0.15, -0.1) is 0 Å². The Hall–Kier alpha value is -1.57. The summed E-state index contributed by atoms with van der Waals surface area (Å²) >= 11 is 0. The molecule has 0 unspecified atom stereocenters. The summed E-state index contributed by atoms with van der Waals surface area (Å²) in [4.78, 5) is 10.5. The Bertz CT molecular complexity index is 378. The number of benzene rings is 1. The predicted octanol–water partition coefficient (Wildman–Crippen LogP) is 2.92. The molecule has 1 rings (SSSR count). The molecule has 0 aliphatic rings. The molecule has 80 valence electrons. The molecule has 1 aromatic carbocycles. The van der Waals surface area contributed by atoms with Crippen LogP contribution in [0.25, 0.3) is 0 Å². The van der Waals surface area contributed by atoms with E-state index in [1.807, 2.05) is 6.08 Å². The van der Waals surface area contributed by atoms with Gasteiger partial charge in [0, 0.05) is 6.92 Å². The summed E-state index contributed by atoms with van der Waals surface area (Å²) in [5.74, 6) is -0.285. The van der Waals surface area contributed by atoms with E-state index in [4.69, 9.17) is 4.74 Å². The van der Waals surface area contributed by atoms with E-state index >= 15 is 0 Å². The van der Waals surface area contributed by atoms with Gasteiger partial charge in [-0.1, -0.05) is 23.8 Å². The standard InChI is InChI=1S/C13H16O2/c1-10-6-7-11(2)13(9-10)5-4-8-15-12(3)14/h4,6-9H,5H2,1-3H3. The van der Waals surface area contributed by atoms with Crippen LogP contribution in [0.3, 0.4) is 0 Å². The van der Waals surface area contributed by atoms with Crippen LogP contribution in [0.2, 0.25) is 0 Å². The van der Waals surface area contributed by atoms with Gasteiger partial charge in [-0.25, -0.2) is 0 Å². The molecule has 0 aromatic heterocycles. The van der Waals surface area contributed by atoms with Gasteiger partial charge in [-0.2, -0.15) is 0 Å². The van der Waals surface area contributed by atoms with Gasteiger partial charge in [-0.05, 0) is 37.5 Å². The van der Waals surface area contributed by atoms with Crippen LogP contribution in [0.15, 0.2) is 30.5 Å². The number of hydrogen-bond donors (Lipinski definition) is 0.